The van der Waals surface area contributed by atoms with Crippen LogP contribution < -0.4 is 0 Å². The maximum atomic E-state index is 12.4. The lowest BCUT2D eigenvalue weighted by atomic mass is 9.90. The molecule has 3 rings (SSSR count). The van der Waals surface area contributed by atoms with Crippen LogP contribution in [0.15, 0.2) is 28.7 Å². The SMILES string of the molecule is C[C@]1(Br)CC2C(c3ccc(O)cc3)=C(Br)C(=O)[C@@H]2C1. The number of carbonyl (C=O) groups excluding carboxylic acids is 1. The van der Waals surface area contributed by atoms with Crippen LogP contribution in [0.25, 0.3) is 5.57 Å². The largest absolute Gasteiger partial charge is 0.508 e. The van der Waals surface area contributed by atoms with E-state index < -0.39 is 0 Å². The number of hydrogen-bond donors (Lipinski definition) is 1. The first-order chi connectivity index (χ1) is 8.89. The second-order valence-electron chi connectivity index (χ2n) is 5.67. The Kier molecular flexibility index (Phi) is 3.13. The molecule has 1 N–H and O–H groups in total. The van der Waals surface area contributed by atoms with Gasteiger partial charge in [-0.15, -0.1) is 0 Å². The molecular formula is C15H14Br2O2. The standard InChI is InChI=1S/C15H14Br2O2/c1-15(17)6-10-11(7-15)14(19)13(16)12(10)8-2-4-9(18)5-3-8/h2-5,10-11,18H,6-7H2,1H3/t10?,11-,15+/m1/s1. The van der Waals surface area contributed by atoms with Gasteiger partial charge in [0, 0.05) is 10.2 Å². The number of hydrogen-bond acceptors (Lipinski definition) is 2. The van der Waals surface area contributed by atoms with E-state index >= 15 is 0 Å². The fourth-order valence-electron chi connectivity index (χ4n) is 3.30. The van der Waals surface area contributed by atoms with Gasteiger partial charge >= 0.3 is 0 Å². The summed E-state index contributed by atoms with van der Waals surface area (Å²) < 4.78 is 0.768. The van der Waals surface area contributed by atoms with E-state index in [0.29, 0.717) is 0 Å². The van der Waals surface area contributed by atoms with Crippen LogP contribution in [0.4, 0.5) is 0 Å². The van der Waals surface area contributed by atoms with Gasteiger partial charge in [0.1, 0.15) is 5.75 Å². The number of fused-ring (bicyclic) bond motifs is 1. The Morgan fingerprint density at radius 3 is 2.42 bits per heavy atom. The van der Waals surface area contributed by atoms with E-state index in [1.54, 1.807) is 12.1 Å². The van der Waals surface area contributed by atoms with Crippen molar-refractivity contribution in [1.82, 2.24) is 0 Å². The maximum Gasteiger partial charge on any atom is 0.173 e. The molecule has 1 unspecified atom stereocenters. The highest BCUT2D eigenvalue weighted by Crippen LogP contribution is 2.56. The van der Waals surface area contributed by atoms with E-state index in [9.17, 15) is 9.90 Å². The van der Waals surface area contributed by atoms with Crippen LogP contribution in [0, 0.1) is 11.8 Å². The lowest BCUT2D eigenvalue weighted by molar-refractivity contribution is -0.118. The summed E-state index contributed by atoms with van der Waals surface area (Å²) in [4.78, 5) is 12.4. The molecule has 19 heavy (non-hydrogen) atoms. The predicted molar refractivity (Wildman–Crippen MR) is 82.5 cm³/mol. The monoisotopic (exact) mass is 384 g/mol. The number of Topliss-reactive ketones (excluding diaryl/α,β-unsaturated/α-hetero) is 1. The topological polar surface area (TPSA) is 37.3 Å². The third-order valence-electron chi connectivity index (χ3n) is 4.12. The first kappa shape index (κ1) is 13.4. The highest BCUT2D eigenvalue weighted by atomic mass is 79.9. The molecule has 0 spiro atoms. The molecule has 0 aromatic heterocycles. The molecule has 1 fully saturated rings. The van der Waals surface area contributed by atoms with Crippen molar-refractivity contribution in [1.29, 1.82) is 0 Å². The van der Waals surface area contributed by atoms with E-state index in [4.69, 9.17) is 0 Å². The van der Waals surface area contributed by atoms with Gasteiger partial charge < -0.3 is 5.11 Å². The molecule has 0 saturated heterocycles. The van der Waals surface area contributed by atoms with Crippen LogP contribution in [0.3, 0.4) is 0 Å². The molecule has 1 aromatic rings. The zero-order valence-electron chi connectivity index (χ0n) is 10.5. The molecule has 2 nitrogen and oxygen atoms in total. The number of halogens is 2. The maximum absolute atomic E-state index is 12.4. The second kappa shape index (κ2) is 4.45. The highest BCUT2D eigenvalue weighted by molar-refractivity contribution is 9.12. The third kappa shape index (κ3) is 2.19. The summed E-state index contributed by atoms with van der Waals surface area (Å²) in [5.41, 5.74) is 2.12. The van der Waals surface area contributed by atoms with Crippen LogP contribution in [-0.4, -0.2) is 15.2 Å². The smallest absolute Gasteiger partial charge is 0.173 e. The van der Waals surface area contributed by atoms with Gasteiger partial charge in [0.2, 0.25) is 0 Å². The Bertz CT molecular complexity index is 572. The predicted octanol–water partition coefficient (Wildman–Crippen LogP) is 4.26. The zero-order valence-corrected chi connectivity index (χ0v) is 13.7. The molecule has 3 atom stereocenters. The minimum absolute atomic E-state index is 0.0495. The number of carbonyl (C=O) groups is 1. The molecular weight excluding hydrogens is 372 g/mol. The molecule has 4 heteroatoms. The number of phenols is 1. The van der Waals surface area contributed by atoms with Crippen LogP contribution in [0.5, 0.6) is 5.75 Å². The van der Waals surface area contributed by atoms with Crippen molar-refractivity contribution in [2.75, 3.05) is 0 Å². The third-order valence-corrected chi connectivity index (χ3v) is 5.58. The van der Waals surface area contributed by atoms with Crippen LogP contribution in [-0.2, 0) is 4.79 Å². The van der Waals surface area contributed by atoms with Crippen molar-refractivity contribution in [2.24, 2.45) is 11.8 Å². The summed E-state index contributed by atoms with van der Waals surface area (Å²) in [5.74, 6) is 0.827. The Labute approximate surface area is 129 Å². The first-order valence-electron chi connectivity index (χ1n) is 6.31. The Morgan fingerprint density at radius 2 is 1.79 bits per heavy atom. The zero-order chi connectivity index (χ0) is 13.8. The highest BCUT2D eigenvalue weighted by Gasteiger charge is 2.51. The van der Waals surface area contributed by atoms with Gasteiger partial charge in [-0.2, -0.15) is 0 Å². The number of aromatic hydroxyl groups is 1. The summed E-state index contributed by atoms with van der Waals surface area (Å²) in [6.07, 6.45) is 1.85. The average Bonchev–Trinajstić information content (AvgIpc) is 2.76. The molecule has 100 valence electrons. The summed E-state index contributed by atoms with van der Waals surface area (Å²) >= 11 is 7.20. The van der Waals surface area contributed by atoms with Gasteiger partial charge in [0.25, 0.3) is 0 Å². The lowest BCUT2D eigenvalue weighted by Crippen LogP contribution is -2.14. The average molecular weight is 386 g/mol. The molecule has 2 aliphatic rings. The molecule has 0 aliphatic heterocycles. The first-order valence-corrected chi connectivity index (χ1v) is 7.90. The minimum atomic E-state index is 0.0495. The quantitative estimate of drug-likeness (QED) is 0.733. The van der Waals surface area contributed by atoms with Crippen molar-refractivity contribution in [2.45, 2.75) is 24.1 Å². The van der Waals surface area contributed by atoms with Crippen LogP contribution in [0.1, 0.15) is 25.3 Å². The summed E-state index contributed by atoms with van der Waals surface area (Å²) in [6, 6.07) is 7.10. The Balaban J connectivity index is 2.05. The molecule has 0 bridgehead atoms. The minimum Gasteiger partial charge on any atom is -0.508 e. The number of ketones is 1. The van der Waals surface area contributed by atoms with Gasteiger partial charge in [-0.25, -0.2) is 0 Å². The molecule has 0 heterocycles. The summed E-state index contributed by atoms with van der Waals surface area (Å²) in [6.45, 7) is 2.15. The van der Waals surface area contributed by atoms with Gasteiger partial charge in [-0.3, -0.25) is 4.79 Å². The second-order valence-corrected chi connectivity index (χ2v) is 8.38. The Hall–Kier alpha value is -0.610. The fourth-order valence-corrected chi connectivity index (χ4v) is 4.82. The van der Waals surface area contributed by atoms with Gasteiger partial charge in [-0.05, 0) is 64.9 Å². The molecule has 0 radical (unpaired) electrons. The molecule has 0 amide bonds. The summed E-state index contributed by atoms with van der Waals surface area (Å²) in [5, 5.41) is 9.39. The molecule has 2 aliphatic carbocycles. The van der Waals surface area contributed by atoms with Crippen LogP contribution in [0.2, 0.25) is 0 Å². The Morgan fingerprint density at radius 1 is 1.21 bits per heavy atom. The van der Waals surface area contributed by atoms with Gasteiger partial charge in [0.15, 0.2) is 5.78 Å². The van der Waals surface area contributed by atoms with E-state index in [1.165, 1.54) is 0 Å². The van der Waals surface area contributed by atoms with Crippen molar-refractivity contribution in [3.8, 4) is 5.75 Å². The molecule has 1 aromatic carbocycles. The van der Waals surface area contributed by atoms with E-state index in [1.807, 2.05) is 12.1 Å². The number of alkyl halides is 1. The number of allylic oxidation sites excluding steroid dienone is 2. The number of rotatable bonds is 1. The molecule has 1 saturated carbocycles. The summed E-state index contributed by atoms with van der Waals surface area (Å²) in [7, 11) is 0. The number of phenolic OH excluding ortho intramolecular Hbond substituents is 1. The normalized spacial score (nSPS) is 33.9. The number of benzene rings is 1. The fraction of sp³-hybridized carbons (Fsp3) is 0.400. The van der Waals surface area contributed by atoms with E-state index in [-0.39, 0.29) is 27.7 Å². The van der Waals surface area contributed by atoms with Crippen molar-refractivity contribution >= 4 is 43.2 Å². The van der Waals surface area contributed by atoms with Gasteiger partial charge in [0.05, 0.1) is 4.48 Å². The lowest BCUT2D eigenvalue weighted by Gasteiger charge is -2.17. The van der Waals surface area contributed by atoms with Crippen molar-refractivity contribution < 1.29 is 9.90 Å². The van der Waals surface area contributed by atoms with Crippen molar-refractivity contribution in [3.63, 3.8) is 0 Å². The van der Waals surface area contributed by atoms with Gasteiger partial charge in [-0.1, -0.05) is 28.1 Å². The van der Waals surface area contributed by atoms with E-state index in [2.05, 4.69) is 38.8 Å². The van der Waals surface area contributed by atoms with E-state index in [0.717, 1.165) is 28.5 Å². The van der Waals surface area contributed by atoms with Crippen LogP contribution >= 0.6 is 31.9 Å². The van der Waals surface area contributed by atoms with Crippen molar-refractivity contribution in [3.05, 3.63) is 34.3 Å².